The van der Waals surface area contributed by atoms with Gasteiger partial charge in [-0.3, -0.25) is 9.69 Å². The summed E-state index contributed by atoms with van der Waals surface area (Å²) in [4.78, 5) is 26.7. The molecule has 0 spiro atoms. The Kier molecular flexibility index (Phi) is 5.27. The Morgan fingerprint density at radius 3 is 2.63 bits per heavy atom. The maximum Gasteiger partial charge on any atom is 0.451 e. The molecule has 0 radical (unpaired) electrons. The molecule has 3 rings (SSSR count). The fraction of sp³-hybridized carbons (Fsp3) is 0.733. The first-order valence-corrected chi connectivity index (χ1v) is 8.49. The number of amides is 1. The number of nitrogens with zero attached hydrogens (tertiary/aromatic N) is 5. The molecule has 1 aromatic rings. The summed E-state index contributed by atoms with van der Waals surface area (Å²) in [5.74, 6) is -2.31. The number of carbonyl (C=O) groups excluding carboxylic acids is 1. The van der Waals surface area contributed by atoms with Crippen molar-refractivity contribution < 1.29 is 32.6 Å². The third-order valence-electron chi connectivity index (χ3n) is 5.03. The van der Waals surface area contributed by atoms with Gasteiger partial charge in [0.25, 0.3) is 0 Å². The average Bonchev–Trinajstić information content (AvgIpc) is 3.04. The van der Waals surface area contributed by atoms with Crippen LogP contribution in [0.25, 0.3) is 0 Å². The molecular weight excluding hydrogens is 371 g/mol. The summed E-state index contributed by atoms with van der Waals surface area (Å²) in [6.07, 6.45) is -4.50. The number of methoxy groups -OCH3 is 1. The quantitative estimate of drug-likeness (QED) is 0.822. The van der Waals surface area contributed by atoms with Crippen molar-refractivity contribution in [2.45, 2.75) is 38.1 Å². The van der Waals surface area contributed by atoms with Crippen molar-refractivity contribution in [1.82, 2.24) is 24.6 Å². The van der Waals surface area contributed by atoms with E-state index < -0.39 is 36.0 Å². The van der Waals surface area contributed by atoms with Crippen LogP contribution in [0.15, 0.2) is 0 Å². The number of alkyl halides is 3. The van der Waals surface area contributed by atoms with Crippen LogP contribution >= 0.6 is 0 Å². The van der Waals surface area contributed by atoms with Gasteiger partial charge in [-0.2, -0.15) is 13.2 Å². The van der Waals surface area contributed by atoms with Crippen LogP contribution in [0.3, 0.4) is 0 Å². The predicted molar refractivity (Wildman–Crippen MR) is 83.6 cm³/mol. The molecule has 1 saturated heterocycles. The zero-order valence-electron chi connectivity index (χ0n) is 14.6. The van der Waals surface area contributed by atoms with Crippen LogP contribution in [0.5, 0.6) is 0 Å². The van der Waals surface area contributed by atoms with Gasteiger partial charge in [-0.25, -0.2) is 4.79 Å². The maximum atomic E-state index is 12.9. The molecule has 0 bridgehead atoms. The summed E-state index contributed by atoms with van der Waals surface area (Å²) in [6, 6.07) is -0.399. The smallest absolute Gasteiger partial charge is 0.451 e. The molecule has 0 unspecified atom stereocenters. The van der Waals surface area contributed by atoms with E-state index in [2.05, 4.69) is 10.2 Å². The first-order valence-electron chi connectivity index (χ1n) is 8.49. The average molecular weight is 391 g/mol. The fourth-order valence-corrected chi connectivity index (χ4v) is 3.68. The number of likely N-dealkylation sites (tertiary alicyclic amines) is 1. The highest BCUT2D eigenvalue weighted by atomic mass is 19.4. The van der Waals surface area contributed by atoms with Crippen LogP contribution in [-0.4, -0.2) is 74.5 Å². The highest BCUT2D eigenvalue weighted by molar-refractivity contribution is 5.72. The van der Waals surface area contributed by atoms with Crippen LogP contribution in [0.2, 0.25) is 0 Å². The van der Waals surface area contributed by atoms with Gasteiger partial charge in [0.15, 0.2) is 0 Å². The molecule has 27 heavy (non-hydrogen) atoms. The topological polar surface area (TPSA) is 101 Å². The number of halogens is 3. The zero-order valence-corrected chi connectivity index (χ0v) is 14.6. The van der Waals surface area contributed by atoms with Crippen molar-refractivity contribution in [3.8, 4) is 0 Å². The van der Waals surface area contributed by atoms with Crippen molar-refractivity contribution in [2.75, 3.05) is 26.7 Å². The Balaban J connectivity index is 1.72. The number of piperidine rings is 1. The summed E-state index contributed by atoms with van der Waals surface area (Å²) in [5.41, 5.74) is 0. The standard InChI is InChI=1S/C15H20F3N5O4/c1-27-14(26)22-3-2-9(12(24)25)6-10(22)7-21-4-5-23-11(8-21)19-20-13(23)15(16,17)18/h9-10H,2-8H2,1H3,(H,24,25)/t9-,10+/m0/s1. The predicted octanol–water partition coefficient (Wildman–Crippen LogP) is 1.04. The number of fused-ring (bicyclic) bond motifs is 1. The van der Waals surface area contributed by atoms with E-state index in [-0.39, 0.29) is 31.9 Å². The fourth-order valence-electron chi connectivity index (χ4n) is 3.68. The number of carbonyl (C=O) groups is 2. The molecule has 150 valence electrons. The maximum absolute atomic E-state index is 12.9. The van der Waals surface area contributed by atoms with Gasteiger partial charge in [-0.1, -0.05) is 0 Å². The molecule has 9 nitrogen and oxygen atoms in total. The second-order valence-corrected chi connectivity index (χ2v) is 6.70. The minimum absolute atomic E-state index is 0.0739. The summed E-state index contributed by atoms with van der Waals surface area (Å²) < 4.78 is 44.6. The number of ether oxygens (including phenoxy) is 1. The molecule has 2 aliphatic heterocycles. The van der Waals surface area contributed by atoms with Crippen molar-refractivity contribution in [3.63, 3.8) is 0 Å². The minimum Gasteiger partial charge on any atom is -0.481 e. The number of hydrogen-bond donors (Lipinski definition) is 1. The molecule has 0 saturated carbocycles. The molecular formula is C15H20F3N5O4. The lowest BCUT2D eigenvalue weighted by Crippen LogP contribution is -2.53. The molecule has 1 amide bonds. The first-order chi connectivity index (χ1) is 12.7. The number of carboxylic acid groups (broad SMARTS) is 1. The van der Waals surface area contributed by atoms with E-state index in [9.17, 15) is 27.9 Å². The molecule has 0 aliphatic carbocycles. The lowest BCUT2D eigenvalue weighted by Gasteiger charge is -2.40. The monoisotopic (exact) mass is 391 g/mol. The van der Waals surface area contributed by atoms with Crippen LogP contribution in [0.1, 0.15) is 24.5 Å². The summed E-state index contributed by atoms with van der Waals surface area (Å²) >= 11 is 0. The molecule has 12 heteroatoms. The van der Waals surface area contributed by atoms with E-state index in [1.165, 1.54) is 12.0 Å². The molecule has 2 aliphatic rings. The first kappa shape index (κ1) is 19.4. The normalized spacial score (nSPS) is 23.8. The summed E-state index contributed by atoms with van der Waals surface area (Å²) in [6.45, 7) is 1.12. The zero-order chi connectivity index (χ0) is 19.8. The van der Waals surface area contributed by atoms with Gasteiger partial charge in [0.1, 0.15) is 5.82 Å². The van der Waals surface area contributed by atoms with E-state index in [1.807, 2.05) is 4.90 Å². The third kappa shape index (κ3) is 3.99. The van der Waals surface area contributed by atoms with Gasteiger partial charge in [-0.05, 0) is 12.8 Å². The highest BCUT2D eigenvalue weighted by Gasteiger charge is 2.41. The SMILES string of the molecule is COC(=O)N1CC[C@H](C(=O)O)C[C@@H]1CN1CCn2c(nnc2C(F)(F)F)C1. The third-order valence-corrected chi connectivity index (χ3v) is 5.03. The number of rotatable bonds is 3. The lowest BCUT2D eigenvalue weighted by molar-refractivity contribution is -0.148. The Hall–Kier alpha value is -2.37. The Bertz CT molecular complexity index is 723. The molecule has 0 aromatic carbocycles. The van der Waals surface area contributed by atoms with Crippen LogP contribution < -0.4 is 0 Å². The van der Waals surface area contributed by atoms with Crippen molar-refractivity contribution >= 4 is 12.1 Å². The van der Waals surface area contributed by atoms with Gasteiger partial charge in [0.05, 0.1) is 19.6 Å². The molecule has 2 atom stereocenters. The van der Waals surface area contributed by atoms with E-state index >= 15 is 0 Å². The second kappa shape index (κ2) is 7.33. The van der Waals surface area contributed by atoms with Crippen molar-refractivity contribution in [1.29, 1.82) is 0 Å². The number of hydrogen-bond acceptors (Lipinski definition) is 6. The highest BCUT2D eigenvalue weighted by Crippen LogP contribution is 2.30. The molecule has 1 N–H and O–H groups in total. The van der Waals surface area contributed by atoms with Crippen molar-refractivity contribution in [2.24, 2.45) is 5.92 Å². The van der Waals surface area contributed by atoms with Gasteiger partial charge in [-0.15, -0.1) is 10.2 Å². The van der Waals surface area contributed by atoms with E-state index in [1.54, 1.807) is 0 Å². The van der Waals surface area contributed by atoms with Crippen LogP contribution in [-0.2, 0) is 28.8 Å². The van der Waals surface area contributed by atoms with Crippen LogP contribution in [0, 0.1) is 5.92 Å². The number of carboxylic acids is 1. The van der Waals surface area contributed by atoms with E-state index in [0.29, 0.717) is 19.5 Å². The van der Waals surface area contributed by atoms with Gasteiger partial charge in [0, 0.05) is 32.2 Å². The van der Waals surface area contributed by atoms with Crippen molar-refractivity contribution in [3.05, 3.63) is 11.6 Å². The molecule has 1 aromatic heterocycles. The molecule has 3 heterocycles. The largest absolute Gasteiger partial charge is 0.481 e. The summed E-state index contributed by atoms with van der Waals surface area (Å²) in [5, 5.41) is 16.1. The number of aliphatic carboxylic acids is 1. The van der Waals surface area contributed by atoms with Crippen LogP contribution in [0.4, 0.5) is 18.0 Å². The van der Waals surface area contributed by atoms with E-state index in [4.69, 9.17) is 4.74 Å². The Morgan fingerprint density at radius 1 is 1.26 bits per heavy atom. The van der Waals surface area contributed by atoms with Gasteiger partial charge in [0.2, 0.25) is 5.82 Å². The second-order valence-electron chi connectivity index (χ2n) is 6.70. The Morgan fingerprint density at radius 2 is 2.00 bits per heavy atom. The van der Waals surface area contributed by atoms with E-state index in [0.717, 1.165) is 4.57 Å². The van der Waals surface area contributed by atoms with Gasteiger partial charge < -0.3 is 19.3 Å². The summed E-state index contributed by atoms with van der Waals surface area (Å²) in [7, 11) is 1.25. The van der Waals surface area contributed by atoms with Gasteiger partial charge >= 0.3 is 18.2 Å². The minimum atomic E-state index is -4.56. The Labute approximate surface area is 152 Å². The lowest BCUT2D eigenvalue weighted by atomic mass is 9.90. The number of aromatic nitrogens is 3. The molecule has 1 fully saturated rings.